The fraction of sp³-hybridized carbons (Fsp3) is 0.857. The molecule has 0 aliphatic carbocycles. The van der Waals surface area contributed by atoms with E-state index in [-0.39, 0.29) is 5.78 Å². The molecule has 0 bridgehead atoms. The van der Waals surface area contributed by atoms with E-state index in [1.165, 1.54) is 0 Å². The van der Waals surface area contributed by atoms with Gasteiger partial charge in [0.1, 0.15) is 5.78 Å². The van der Waals surface area contributed by atoms with E-state index in [0.717, 1.165) is 11.8 Å². The number of Topliss-reactive ketones (excluding diaryl/α,β-unsaturated/α-hetero) is 1. The molecule has 0 saturated heterocycles. The molecular weight excluding hydrogens is 180 g/mol. The van der Waals surface area contributed by atoms with Gasteiger partial charge in [-0.25, -0.2) is 0 Å². The van der Waals surface area contributed by atoms with Crippen LogP contribution in [-0.2, 0) is 4.79 Å². The maximum absolute atomic E-state index is 10.2. The molecule has 0 aliphatic rings. The number of halogens is 1. The molecule has 9 heavy (non-hydrogen) atoms. The largest absolute Gasteiger partial charge is 0.300 e. The predicted molar refractivity (Wildman–Crippen MR) is 45.1 cm³/mol. The van der Waals surface area contributed by atoms with Gasteiger partial charge in [-0.15, -0.1) is 0 Å². The first kappa shape index (κ1) is 11.9. The number of hydrogen-bond donors (Lipinski definition) is 0. The number of carbonyl (C=O) groups excluding carboxylic acids is 1. The number of carbonyl (C=O) groups is 1. The van der Waals surface area contributed by atoms with E-state index in [4.69, 9.17) is 0 Å². The van der Waals surface area contributed by atoms with Crippen molar-refractivity contribution in [2.45, 2.75) is 33.6 Å². The Morgan fingerprint density at radius 1 is 1.44 bits per heavy atom. The summed E-state index contributed by atoms with van der Waals surface area (Å²) in [5.74, 6) is 0.277. The van der Waals surface area contributed by atoms with Crippen molar-refractivity contribution in [1.82, 2.24) is 0 Å². The van der Waals surface area contributed by atoms with Crippen LogP contribution in [0.4, 0.5) is 0 Å². The minimum absolute atomic E-state index is 0.277. The third-order valence-corrected chi connectivity index (χ3v) is 1.22. The second-order valence-corrected chi connectivity index (χ2v) is 2.29. The lowest BCUT2D eigenvalue weighted by Crippen LogP contribution is -1.88. The van der Waals surface area contributed by atoms with Crippen LogP contribution in [0.3, 0.4) is 0 Å². The Labute approximate surface area is 66.0 Å². The van der Waals surface area contributed by atoms with E-state index < -0.39 is 0 Å². The van der Waals surface area contributed by atoms with Gasteiger partial charge in [0.2, 0.25) is 0 Å². The van der Waals surface area contributed by atoms with Crippen molar-refractivity contribution in [3.8, 4) is 0 Å². The Morgan fingerprint density at radius 3 is 2.00 bits per heavy atom. The molecule has 0 atom stereocenters. The molecule has 56 valence electrons. The van der Waals surface area contributed by atoms with E-state index in [9.17, 15) is 4.79 Å². The Hall–Kier alpha value is 0.150. The van der Waals surface area contributed by atoms with Gasteiger partial charge in [-0.1, -0.05) is 29.8 Å². The topological polar surface area (TPSA) is 17.1 Å². The molecular formula is C7H15BrO. The molecule has 0 fully saturated rings. The molecule has 0 heterocycles. The summed E-state index contributed by atoms with van der Waals surface area (Å²) in [6.45, 7) is 5.61. The maximum Gasteiger partial charge on any atom is 0.129 e. The summed E-state index contributed by atoms with van der Waals surface area (Å²) in [5, 5.41) is 0.937. The van der Waals surface area contributed by atoms with Crippen LogP contribution in [0.2, 0.25) is 0 Å². The molecule has 0 unspecified atom stereocenters. The van der Waals surface area contributed by atoms with Crippen molar-refractivity contribution in [1.29, 1.82) is 0 Å². The summed E-state index contributed by atoms with van der Waals surface area (Å²) in [7, 11) is 0. The van der Waals surface area contributed by atoms with E-state index in [0.29, 0.717) is 6.42 Å². The van der Waals surface area contributed by atoms with Crippen molar-refractivity contribution in [2.24, 2.45) is 0 Å². The van der Waals surface area contributed by atoms with E-state index in [1.807, 2.05) is 13.8 Å². The van der Waals surface area contributed by atoms with Crippen LogP contribution in [0, 0.1) is 0 Å². The molecule has 0 saturated carbocycles. The average molecular weight is 195 g/mol. The highest BCUT2D eigenvalue weighted by atomic mass is 79.9. The van der Waals surface area contributed by atoms with Crippen LogP contribution in [0.5, 0.6) is 0 Å². The van der Waals surface area contributed by atoms with E-state index in [1.54, 1.807) is 6.92 Å². The number of alkyl halides is 1. The molecule has 0 aliphatic heterocycles. The zero-order valence-corrected chi connectivity index (χ0v) is 7.99. The summed E-state index contributed by atoms with van der Waals surface area (Å²) in [5.41, 5.74) is 0. The molecule has 0 radical (unpaired) electrons. The lowest BCUT2D eigenvalue weighted by atomic mass is 10.3. The third-order valence-electron chi connectivity index (χ3n) is 0.662. The molecule has 0 amide bonds. The lowest BCUT2D eigenvalue weighted by Gasteiger charge is -1.85. The van der Waals surface area contributed by atoms with Crippen LogP contribution in [-0.4, -0.2) is 11.1 Å². The predicted octanol–water partition coefficient (Wildman–Crippen LogP) is 2.78. The van der Waals surface area contributed by atoms with Crippen molar-refractivity contribution < 1.29 is 4.79 Å². The van der Waals surface area contributed by atoms with Crippen LogP contribution in [0.25, 0.3) is 0 Å². The summed E-state index contributed by atoms with van der Waals surface area (Å²) in [6.07, 6.45) is 1.68. The van der Waals surface area contributed by atoms with Gasteiger partial charge in [0, 0.05) is 11.8 Å². The van der Waals surface area contributed by atoms with Gasteiger partial charge in [-0.2, -0.15) is 0 Å². The second-order valence-electron chi connectivity index (χ2n) is 1.49. The first-order valence-corrected chi connectivity index (χ1v) is 4.45. The first-order chi connectivity index (χ1) is 4.27. The average Bonchev–Trinajstić information content (AvgIpc) is 1.88. The smallest absolute Gasteiger partial charge is 0.129 e. The van der Waals surface area contributed by atoms with Gasteiger partial charge in [0.05, 0.1) is 0 Å². The van der Waals surface area contributed by atoms with E-state index in [2.05, 4.69) is 15.9 Å². The fourth-order valence-electron chi connectivity index (χ4n) is 0.316. The summed E-state index contributed by atoms with van der Waals surface area (Å²) in [6, 6.07) is 0. The fourth-order valence-corrected chi connectivity index (χ4v) is 0.596. The van der Waals surface area contributed by atoms with Crippen molar-refractivity contribution >= 4 is 21.7 Å². The lowest BCUT2D eigenvalue weighted by molar-refractivity contribution is -0.117. The molecule has 0 spiro atoms. The Balaban J connectivity index is 0. The number of hydrogen-bond acceptors (Lipinski definition) is 1. The normalized spacial score (nSPS) is 7.56. The van der Waals surface area contributed by atoms with Gasteiger partial charge in [0.25, 0.3) is 0 Å². The van der Waals surface area contributed by atoms with Crippen LogP contribution in [0.15, 0.2) is 0 Å². The SMILES string of the molecule is CC.CC(=O)CCCBr. The van der Waals surface area contributed by atoms with Crippen LogP contribution < -0.4 is 0 Å². The van der Waals surface area contributed by atoms with E-state index >= 15 is 0 Å². The quantitative estimate of drug-likeness (QED) is 0.633. The third kappa shape index (κ3) is 17.9. The van der Waals surface area contributed by atoms with Gasteiger partial charge in [-0.05, 0) is 13.3 Å². The first-order valence-electron chi connectivity index (χ1n) is 3.32. The summed E-state index contributed by atoms with van der Waals surface area (Å²) >= 11 is 3.23. The molecule has 0 rings (SSSR count). The molecule has 1 nitrogen and oxygen atoms in total. The monoisotopic (exact) mass is 194 g/mol. The number of ketones is 1. The van der Waals surface area contributed by atoms with Gasteiger partial charge in [0.15, 0.2) is 0 Å². The van der Waals surface area contributed by atoms with Crippen LogP contribution in [0.1, 0.15) is 33.6 Å². The standard InChI is InChI=1S/C5H9BrO.C2H6/c1-5(7)3-2-4-6;1-2/h2-4H2,1H3;1-2H3. The minimum Gasteiger partial charge on any atom is -0.300 e. The minimum atomic E-state index is 0.277. The van der Waals surface area contributed by atoms with Gasteiger partial charge >= 0.3 is 0 Å². The Kier molecular flexibility index (Phi) is 14.6. The zero-order valence-electron chi connectivity index (χ0n) is 6.41. The summed E-state index contributed by atoms with van der Waals surface area (Å²) < 4.78 is 0. The van der Waals surface area contributed by atoms with Crippen LogP contribution >= 0.6 is 15.9 Å². The van der Waals surface area contributed by atoms with Gasteiger partial charge in [-0.3, -0.25) is 0 Å². The molecule has 2 heteroatoms. The second kappa shape index (κ2) is 11.0. The molecule has 0 aromatic heterocycles. The molecule has 0 aromatic carbocycles. The zero-order chi connectivity index (χ0) is 7.70. The highest BCUT2D eigenvalue weighted by molar-refractivity contribution is 9.09. The Morgan fingerprint density at radius 2 is 1.89 bits per heavy atom. The number of rotatable bonds is 3. The van der Waals surface area contributed by atoms with Crippen molar-refractivity contribution in [2.75, 3.05) is 5.33 Å². The highest BCUT2D eigenvalue weighted by Gasteiger charge is 1.88. The van der Waals surface area contributed by atoms with Crippen molar-refractivity contribution in [3.05, 3.63) is 0 Å². The highest BCUT2D eigenvalue weighted by Crippen LogP contribution is 1.93. The van der Waals surface area contributed by atoms with Crippen molar-refractivity contribution in [3.63, 3.8) is 0 Å². The molecule has 0 N–H and O–H groups in total. The van der Waals surface area contributed by atoms with Gasteiger partial charge < -0.3 is 4.79 Å². The summed E-state index contributed by atoms with van der Waals surface area (Å²) in [4.78, 5) is 10.2. The maximum atomic E-state index is 10.2. The molecule has 0 aromatic rings. The Bertz CT molecular complexity index is 61.9.